The molecule has 0 unspecified atom stereocenters. The van der Waals surface area contributed by atoms with Gasteiger partial charge in [0.2, 0.25) is 10.0 Å². The van der Waals surface area contributed by atoms with Crippen LogP contribution in [0, 0.1) is 0 Å². The molecule has 0 atom stereocenters. The first-order valence-corrected chi connectivity index (χ1v) is 9.98. The maximum Gasteiger partial charge on any atom is 0.265 e. The van der Waals surface area contributed by atoms with Crippen molar-refractivity contribution in [2.24, 2.45) is 0 Å². The molecule has 2 N–H and O–H groups in total. The van der Waals surface area contributed by atoms with Crippen molar-refractivity contribution in [3.63, 3.8) is 0 Å². The Morgan fingerprint density at radius 3 is 2.58 bits per heavy atom. The fourth-order valence-electron chi connectivity index (χ4n) is 2.59. The number of nitrogens with zero attached hydrogens (tertiary/aromatic N) is 1. The number of aromatic hydroxyl groups is 1. The van der Waals surface area contributed by atoms with Crippen molar-refractivity contribution in [3.8, 4) is 5.75 Å². The van der Waals surface area contributed by atoms with E-state index in [1.54, 1.807) is 18.2 Å². The van der Waals surface area contributed by atoms with Gasteiger partial charge in [0.15, 0.2) is 0 Å². The van der Waals surface area contributed by atoms with Gasteiger partial charge in [0.25, 0.3) is 5.91 Å². The first-order valence-electron chi connectivity index (χ1n) is 7.66. The number of sulfonamides is 1. The molecule has 1 saturated heterocycles. The number of thiophene rings is 1. The zero-order chi connectivity index (χ0) is 17.2. The number of hydrogen-bond acceptors (Lipinski definition) is 5. The number of phenolic OH excluding ortho intramolecular Hbond substituents is 1. The van der Waals surface area contributed by atoms with Gasteiger partial charge >= 0.3 is 0 Å². The summed E-state index contributed by atoms with van der Waals surface area (Å²) in [5, 5.41) is 13.8. The van der Waals surface area contributed by atoms with E-state index in [4.69, 9.17) is 0 Å². The topological polar surface area (TPSA) is 86.7 Å². The van der Waals surface area contributed by atoms with Crippen LogP contribution in [0.15, 0.2) is 40.6 Å². The maximum atomic E-state index is 12.6. The fourth-order valence-corrected chi connectivity index (χ4v) is 5.26. The highest BCUT2D eigenvalue weighted by atomic mass is 32.2. The van der Waals surface area contributed by atoms with Gasteiger partial charge in [0.05, 0.1) is 15.5 Å². The molecule has 8 heteroatoms. The average Bonchev–Trinajstić information content (AvgIpc) is 3.09. The quantitative estimate of drug-likeness (QED) is 0.815. The molecule has 0 spiro atoms. The monoisotopic (exact) mass is 366 g/mol. The van der Waals surface area contributed by atoms with E-state index in [0.29, 0.717) is 13.1 Å². The maximum absolute atomic E-state index is 12.6. The molecule has 6 nitrogen and oxygen atoms in total. The van der Waals surface area contributed by atoms with Gasteiger partial charge in [0, 0.05) is 18.5 Å². The molecule has 1 aliphatic heterocycles. The lowest BCUT2D eigenvalue weighted by Gasteiger charge is -2.25. The highest BCUT2D eigenvalue weighted by Gasteiger charge is 2.27. The molecule has 1 fully saturated rings. The van der Waals surface area contributed by atoms with E-state index in [2.05, 4.69) is 5.32 Å². The van der Waals surface area contributed by atoms with Crippen molar-refractivity contribution in [1.82, 2.24) is 4.31 Å². The molecular formula is C16H18N2O4S2. The lowest BCUT2D eigenvalue weighted by Crippen LogP contribution is -2.35. The van der Waals surface area contributed by atoms with Gasteiger partial charge in [-0.2, -0.15) is 4.31 Å². The number of carbonyl (C=O) groups excluding carboxylic acids is 1. The van der Waals surface area contributed by atoms with Crippen LogP contribution in [0.25, 0.3) is 0 Å². The van der Waals surface area contributed by atoms with Crippen molar-refractivity contribution < 1.29 is 18.3 Å². The summed E-state index contributed by atoms with van der Waals surface area (Å²) >= 11 is 1.07. The van der Waals surface area contributed by atoms with E-state index in [1.807, 2.05) is 0 Å². The number of benzene rings is 1. The van der Waals surface area contributed by atoms with Gasteiger partial charge in [-0.1, -0.05) is 18.6 Å². The first kappa shape index (κ1) is 16.9. The van der Waals surface area contributed by atoms with Gasteiger partial charge in [-0.15, -0.1) is 11.3 Å². The molecular weight excluding hydrogens is 348 g/mol. The molecule has 1 aromatic carbocycles. The third-order valence-corrected chi connectivity index (χ3v) is 6.86. The molecule has 24 heavy (non-hydrogen) atoms. The molecule has 1 aromatic heterocycles. The summed E-state index contributed by atoms with van der Waals surface area (Å²) in [5.74, 6) is -0.481. The number of anilines is 1. The van der Waals surface area contributed by atoms with Crippen LogP contribution in [-0.2, 0) is 10.0 Å². The summed E-state index contributed by atoms with van der Waals surface area (Å²) in [6, 6.07) is 7.78. The minimum absolute atomic E-state index is 0.0384. The van der Waals surface area contributed by atoms with Crippen LogP contribution in [0.3, 0.4) is 0 Å². The minimum atomic E-state index is -3.54. The SMILES string of the molecule is O=C(Nc1ccccc1O)c1cc(S(=O)(=O)N2CCCCC2)cs1. The second-order valence-corrected chi connectivity index (χ2v) is 8.43. The zero-order valence-corrected chi connectivity index (χ0v) is 14.6. The number of rotatable bonds is 4. The molecule has 1 aliphatic rings. The third-order valence-electron chi connectivity index (χ3n) is 3.90. The van der Waals surface area contributed by atoms with Gasteiger partial charge in [-0.05, 0) is 31.0 Å². The van der Waals surface area contributed by atoms with Gasteiger partial charge in [-0.3, -0.25) is 4.79 Å². The Morgan fingerprint density at radius 2 is 1.88 bits per heavy atom. The normalized spacial score (nSPS) is 16.0. The Labute approximate surface area is 144 Å². The van der Waals surface area contributed by atoms with Crippen LogP contribution in [0.2, 0.25) is 0 Å². The lowest BCUT2D eigenvalue weighted by molar-refractivity contribution is 0.103. The van der Waals surface area contributed by atoms with Crippen LogP contribution >= 0.6 is 11.3 Å². The number of piperidine rings is 1. The minimum Gasteiger partial charge on any atom is -0.506 e. The standard InChI is InChI=1S/C16H18N2O4S2/c19-14-7-3-2-6-13(14)17-16(20)15-10-12(11-23-15)24(21,22)18-8-4-1-5-9-18/h2-3,6-7,10-11,19H,1,4-5,8-9H2,(H,17,20). The van der Waals surface area contributed by atoms with Gasteiger partial charge < -0.3 is 10.4 Å². The van der Waals surface area contributed by atoms with Crippen molar-refractivity contribution in [3.05, 3.63) is 40.6 Å². The van der Waals surface area contributed by atoms with E-state index in [0.717, 1.165) is 30.6 Å². The van der Waals surface area contributed by atoms with Crippen LogP contribution in [0.4, 0.5) is 5.69 Å². The second kappa shape index (κ2) is 6.92. The predicted octanol–water partition coefficient (Wildman–Crippen LogP) is 2.88. The van der Waals surface area contributed by atoms with Crippen LogP contribution in [0.5, 0.6) is 5.75 Å². The number of nitrogens with one attached hydrogen (secondary N) is 1. The van der Waals surface area contributed by atoms with E-state index in [9.17, 15) is 18.3 Å². The summed E-state index contributed by atoms with van der Waals surface area (Å²) in [5.41, 5.74) is 0.288. The van der Waals surface area contributed by atoms with Crippen LogP contribution in [0.1, 0.15) is 28.9 Å². The molecule has 0 radical (unpaired) electrons. The molecule has 0 saturated carbocycles. The molecule has 2 heterocycles. The number of para-hydroxylation sites is 2. The Hall–Kier alpha value is -1.90. The van der Waals surface area contributed by atoms with E-state index < -0.39 is 15.9 Å². The Kier molecular flexibility index (Phi) is 4.88. The fraction of sp³-hybridized carbons (Fsp3) is 0.312. The van der Waals surface area contributed by atoms with Crippen molar-refractivity contribution in [1.29, 1.82) is 0 Å². The molecule has 0 bridgehead atoms. The number of hydrogen-bond donors (Lipinski definition) is 2. The number of carbonyl (C=O) groups is 1. The predicted molar refractivity (Wildman–Crippen MR) is 93.0 cm³/mol. The van der Waals surface area contributed by atoms with E-state index in [-0.39, 0.29) is 21.2 Å². The molecule has 2 aromatic rings. The number of amides is 1. The molecule has 3 rings (SSSR count). The molecule has 128 valence electrons. The average molecular weight is 366 g/mol. The molecule has 1 amide bonds. The summed E-state index contributed by atoms with van der Waals surface area (Å²) in [7, 11) is -3.54. The summed E-state index contributed by atoms with van der Waals surface area (Å²) in [6.07, 6.45) is 2.78. The van der Waals surface area contributed by atoms with Crippen molar-refractivity contribution >= 4 is 33.0 Å². The first-order chi connectivity index (χ1) is 11.5. The highest BCUT2D eigenvalue weighted by molar-refractivity contribution is 7.89. The van der Waals surface area contributed by atoms with E-state index >= 15 is 0 Å². The second-order valence-electron chi connectivity index (χ2n) is 5.58. The van der Waals surface area contributed by atoms with Crippen LogP contribution < -0.4 is 5.32 Å². The molecule has 0 aliphatic carbocycles. The third kappa shape index (κ3) is 3.45. The smallest absolute Gasteiger partial charge is 0.265 e. The lowest BCUT2D eigenvalue weighted by atomic mass is 10.2. The Balaban J connectivity index is 1.77. The summed E-state index contributed by atoms with van der Waals surface area (Å²) in [6.45, 7) is 1.05. The number of phenols is 1. The van der Waals surface area contributed by atoms with E-state index in [1.165, 1.54) is 21.8 Å². The van der Waals surface area contributed by atoms with Crippen molar-refractivity contribution in [2.75, 3.05) is 18.4 Å². The zero-order valence-electron chi connectivity index (χ0n) is 12.9. The largest absolute Gasteiger partial charge is 0.506 e. The van der Waals surface area contributed by atoms with Gasteiger partial charge in [0.1, 0.15) is 5.75 Å². The van der Waals surface area contributed by atoms with Gasteiger partial charge in [-0.25, -0.2) is 8.42 Å². The van der Waals surface area contributed by atoms with Crippen molar-refractivity contribution in [2.45, 2.75) is 24.2 Å². The highest BCUT2D eigenvalue weighted by Crippen LogP contribution is 2.27. The van der Waals surface area contributed by atoms with Crippen LogP contribution in [-0.4, -0.2) is 36.8 Å². The summed E-state index contributed by atoms with van der Waals surface area (Å²) < 4.78 is 26.7. The Morgan fingerprint density at radius 1 is 1.17 bits per heavy atom. The Bertz CT molecular complexity index is 839. The summed E-state index contributed by atoms with van der Waals surface area (Å²) in [4.78, 5) is 12.7.